The Morgan fingerprint density at radius 2 is 2.38 bits per heavy atom. The normalized spacial score (nSPS) is 11.9. The summed E-state index contributed by atoms with van der Waals surface area (Å²) in [4.78, 5) is 10.5. The van der Waals surface area contributed by atoms with Crippen molar-refractivity contribution in [1.82, 2.24) is 0 Å². The molecular weight excluding hydrogens is 168 g/mol. The first-order valence-corrected chi connectivity index (χ1v) is 4.15. The third-order valence-corrected chi connectivity index (χ3v) is 1.28. The fraction of sp³-hybridized carbons (Fsp3) is 0.500. The maximum Gasteiger partial charge on any atom is 0.384 e. The minimum Gasteiger partial charge on any atom is -0.459 e. The van der Waals surface area contributed by atoms with Gasteiger partial charge in [0.2, 0.25) is 0 Å². The van der Waals surface area contributed by atoms with Gasteiger partial charge in [0.1, 0.15) is 6.10 Å². The Kier molecular flexibility index (Phi) is 6.66. The lowest BCUT2D eigenvalue weighted by molar-refractivity contribution is -0.133. The van der Waals surface area contributed by atoms with Crippen molar-refractivity contribution in [2.75, 3.05) is 7.11 Å². The molecule has 0 fully saturated rings. The Morgan fingerprint density at radius 1 is 1.69 bits per heavy atom. The summed E-state index contributed by atoms with van der Waals surface area (Å²) in [7, 11) is 1.25. The standard InChI is InChI=1S/C10H14O3/c1-3-4-5-6-9(11)7-8-10(12)13-2/h5-6,9,11H,3-4H2,1-2H3/b6-5+. The van der Waals surface area contributed by atoms with Crippen LogP contribution in [0.4, 0.5) is 0 Å². The molecule has 0 bridgehead atoms. The van der Waals surface area contributed by atoms with Crippen molar-refractivity contribution in [1.29, 1.82) is 0 Å². The fourth-order valence-corrected chi connectivity index (χ4v) is 0.624. The number of allylic oxidation sites excluding steroid dienone is 1. The van der Waals surface area contributed by atoms with Crippen molar-refractivity contribution in [3.8, 4) is 11.8 Å². The molecule has 3 nitrogen and oxygen atoms in total. The van der Waals surface area contributed by atoms with E-state index in [1.165, 1.54) is 7.11 Å². The SMILES string of the molecule is CCC/C=C/C(O)C#CC(=O)OC. The van der Waals surface area contributed by atoms with E-state index < -0.39 is 12.1 Å². The smallest absolute Gasteiger partial charge is 0.384 e. The van der Waals surface area contributed by atoms with Crippen LogP contribution in [0.2, 0.25) is 0 Å². The quantitative estimate of drug-likeness (QED) is 0.305. The number of carbonyl (C=O) groups is 1. The maximum atomic E-state index is 10.5. The number of ether oxygens (including phenoxy) is 1. The summed E-state index contributed by atoms with van der Waals surface area (Å²) in [6.45, 7) is 2.04. The summed E-state index contributed by atoms with van der Waals surface area (Å²) < 4.78 is 4.28. The second-order valence-electron chi connectivity index (χ2n) is 2.42. The molecule has 0 aromatic carbocycles. The monoisotopic (exact) mass is 182 g/mol. The lowest BCUT2D eigenvalue weighted by atomic mass is 10.2. The van der Waals surface area contributed by atoms with Crippen molar-refractivity contribution >= 4 is 5.97 Å². The van der Waals surface area contributed by atoms with Gasteiger partial charge in [-0.2, -0.15) is 0 Å². The molecule has 1 unspecified atom stereocenters. The molecule has 0 radical (unpaired) electrons. The molecule has 1 atom stereocenters. The van der Waals surface area contributed by atoms with Crippen molar-refractivity contribution in [3.63, 3.8) is 0 Å². The summed E-state index contributed by atoms with van der Waals surface area (Å²) in [5, 5.41) is 9.15. The van der Waals surface area contributed by atoms with Gasteiger partial charge in [-0.05, 0) is 12.5 Å². The van der Waals surface area contributed by atoms with Gasteiger partial charge in [0.15, 0.2) is 0 Å². The number of hydrogen-bond acceptors (Lipinski definition) is 3. The van der Waals surface area contributed by atoms with Crippen LogP contribution in [0.15, 0.2) is 12.2 Å². The molecule has 72 valence electrons. The minimum atomic E-state index is -0.884. The van der Waals surface area contributed by atoms with Gasteiger partial charge in [-0.3, -0.25) is 0 Å². The van der Waals surface area contributed by atoms with E-state index in [-0.39, 0.29) is 0 Å². The highest BCUT2D eigenvalue weighted by atomic mass is 16.5. The molecule has 0 saturated carbocycles. The molecule has 1 N–H and O–H groups in total. The average molecular weight is 182 g/mol. The number of carbonyl (C=O) groups excluding carboxylic acids is 1. The highest BCUT2D eigenvalue weighted by Gasteiger charge is 1.93. The Morgan fingerprint density at radius 3 is 2.92 bits per heavy atom. The molecule has 0 aliphatic rings. The van der Waals surface area contributed by atoms with Crippen LogP contribution in [0.25, 0.3) is 0 Å². The van der Waals surface area contributed by atoms with Crippen LogP contribution >= 0.6 is 0 Å². The van der Waals surface area contributed by atoms with Gasteiger partial charge < -0.3 is 9.84 Å². The van der Waals surface area contributed by atoms with E-state index >= 15 is 0 Å². The van der Waals surface area contributed by atoms with E-state index in [1.807, 2.05) is 13.0 Å². The molecule has 0 heterocycles. The molecule has 0 aliphatic heterocycles. The highest BCUT2D eigenvalue weighted by molar-refractivity contribution is 5.88. The summed E-state index contributed by atoms with van der Waals surface area (Å²) in [5.41, 5.74) is 0. The molecule has 0 saturated heterocycles. The first-order chi connectivity index (χ1) is 6.20. The van der Waals surface area contributed by atoms with Crippen molar-refractivity contribution in [2.24, 2.45) is 0 Å². The molecule has 0 aromatic heterocycles. The molecule has 0 spiro atoms. The molecule has 0 aliphatic carbocycles. The second-order valence-corrected chi connectivity index (χ2v) is 2.42. The predicted octanol–water partition coefficient (Wildman–Crippen LogP) is 0.880. The molecule has 0 aromatic rings. The van der Waals surface area contributed by atoms with Crippen LogP contribution in [-0.4, -0.2) is 24.3 Å². The minimum absolute atomic E-state index is 0.636. The third-order valence-electron chi connectivity index (χ3n) is 1.28. The van der Waals surface area contributed by atoms with Crippen molar-refractivity contribution < 1.29 is 14.6 Å². The number of rotatable bonds is 3. The van der Waals surface area contributed by atoms with E-state index in [0.29, 0.717) is 0 Å². The van der Waals surface area contributed by atoms with Crippen LogP contribution in [0, 0.1) is 11.8 Å². The lowest BCUT2D eigenvalue weighted by Gasteiger charge is -1.92. The third kappa shape index (κ3) is 7.10. The van der Waals surface area contributed by atoms with Crippen LogP contribution in [-0.2, 0) is 9.53 Å². The number of aliphatic hydroxyl groups is 1. The van der Waals surface area contributed by atoms with E-state index in [9.17, 15) is 4.79 Å². The highest BCUT2D eigenvalue weighted by Crippen LogP contribution is 1.91. The van der Waals surface area contributed by atoms with E-state index in [1.54, 1.807) is 6.08 Å². The van der Waals surface area contributed by atoms with Gasteiger partial charge in [-0.25, -0.2) is 4.79 Å². The zero-order chi connectivity index (χ0) is 10.1. The zero-order valence-corrected chi connectivity index (χ0v) is 7.91. The van der Waals surface area contributed by atoms with E-state index in [0.717, 1.165) is 12.8 Å². The van der Waals surface area contributed by atoms with Crippen LogP contribution < -0.4 is 0 Å². The molecular formula is C10H14O3. The Labute approximate surface area is 78.4 Å². The van der Waals surface area contributed by atoms with Gasteiger partial charge in [-0.15, -0.1) is 0 Å². The summed E-state index contributed by atoms with van der Waals surface area (Å²) >= 11 is 0. The summed E-state index contributed by atoms with van der Waals surface area (Å²) in [6, 6.07) is 0. The summed E-state index contributed by atoms with van der Waals surface area (Å²) in [6.07, 6.45) is 4.42. The second kappa shape index (κ2) is 7.38. The Balaban J connectivity index is 3.89. The maximum absolute atomic E-state index is 10.5. The van der Waals surface area contributed by atoms with Crippen LogP contribution in [0.1, 0.15) is 19.8 Å². The summed E-state index contributed by atoms with van der Waals surface area (Å²) in [5.74, 6) is 3.85. The van der Waals surface area contributed by atoms with Crippen molar-refractivity contribution in [2.45, 2.75) is 25.9 Å². The number of unbranched alkanes of at least 4 members (excludes halogenated alkanes) is 1. The zero-order valence-electron chi connectivity index (χ0n) is 7.91. The molecule has 0 amide bonds. The first-order valence-electron chi connectivity index (χ1n) is 4.15. The Bertz CT molecular complexity index is 232. The first kappa shape index (κ1) is 11.7. The molecule has 0 rings (SSSR count). The van der Waals surface area contributed by atoms with Crippen molar-refractivity contribution in [3.05, 3.63) is 12.2 Å². The number of methoxy groups -OCH3 is 1. The van der Waals surface area contributed by atoms with Crippen LogP contribution in [0.3, 0.4) is 0 Å². The number of hydrogen-bond donors (Lipinski definition) is 1. The van der Waals surface area contributed by atoms with Gasteiger partial charge in [0.25, 0.3) is 0 Å². The van der Waals surface area contributed by atoms with E-state index in [2.05, 4.69) is 16.6 Å². The van der Waals surface area contributed by atoms with Gasteiger partial charge in [0, 0.05) is 5.92 Å². The van der Waals surface area contributed by atoms with Crippen LogP contribution in [0.5, 0.6) is 0 Å². The van der Waals surface area contributed by atoms with Gasteiger partial charge >= 0.3 is 5.97 Å². The van der Waals surface area contributed by atoms with Gasteiger partial charge in [0.05, 0.1) is 7.11 Å². The lowest BCUT2D eigenvalue weighted by Crippen LogP contribution is -2.00. The number of aliphatic hydroxyl groups excluding tert-OH is 1. The molecule has 3 heteroatoms. The predicted molar refractivity (Wildman–Crippen MR) is 49.8 cm³/mol. The largest absolute Gasteiger partial charge is 0.459 e. The topological polar surface area (TPSA) is 46.5 Å². The van der Waals surface area contributed by atoms with E-state index in [4.69, 9.17) is 5.11 Å². The Hall–Kier alpha value is -1.27. The van der Waals surface area contributed by atoms with Gasteiger partial charge in [-0.1, -0.05) is 25.3 Å². The average Bonchev–Trinajstić information content (AvgIpc) is 2.14. The molecule has 13 heavy (non-hydrogen) atoms. The fourth-order valence-electron chi connectivity index (χ4n) is 0.624. The number of esters is 1.